The van der Waals surface area contributed by atoms with Crippen molar-refractivity contribution in [1.82, 2.24) is 15.3 Å². The largest absolute Gasteiger partial charge is 0.349 e. The zero-order valence-electron chi connectivity index (χ0n) is 8.68. The molecule has 2 heterocycles. The van der Waals surface area contributed by atoms with Crippen LogP contribution >= 0.6 is 0 Å². The van der Waals surface area contributed by atoms with E-state index >= 15 is 0 Å². The van der Waals surface area contributed by atoms with E-state index in [1.165, 1.54) is 0 Å². The van der Waals surface area contributed by atoms with Crippen molar-refractivity contribution in [3.63, 3.8) is 0 Å². The molecule has 0 spiro atoms. The van der Waals surface area contributed by atoms with Gasteiger partial charge in [-0.2, -0.15) is 0 Å². The molecule has 0 unspecified atom stereocenters. The highest BCUT2D eigenvalue weighted by Crippen LogP contribution is 2.08. The molecule has 0 aliphatic carbocycles. The fourth-order valence-electron chi connectivity index (χ4n) is 1.36. The second-order valence-corrected chi connectivity index (χ2v) is 3.29. The van der Waals surface area contributed by atoms with Crippen LogP contribution in [0, 0.1) is 0 Å². The van der Waals surface area contributed by atoms with Crippen LogP contribution in [0.3, 0.4) is 0 Å². The molecule has 0 saturated heterocycles. The monoisotopic (exact) mass is 216 g/mol. The molecule has 2 rings (SSSR count). The van der Waals surface area contributed by atoms with Crippen molar-refractivity contribution in [3.8, 4) is 0 Å². The van der Waals surface area contributed by atoms with Crippen LogP contribution in [0.25, 0.3) is 11.0 Å². The van der Waals surface area contributed by atoms with Gasteiger partial charge in [0.25, 0.3) is 5.91 Å². The van der Waals surface area contributed by atoms with Crippen LogP contribution in [-0.4, -0.2) is 29.0 Å². The first-order valence-electron chi connectivity index (χ1n) is 5.01. The van der Waals surface area contributed by atoms with E-state index in [4.69, 9.17) is 5.73 Å². The number of nitrogens with one attached hydrogen (secondary N) is 1. The SMILES string of the molecule is NCCNC(=O)c1ccc2cccnc2n1. The number of nitrogens with zero attached hydrogens (tertiary/aromatic N) is 2. The number of hydrogen-bond donors (Lipinski definition) is 2. The maximum atomic E-state index is 11.6. The second-order valence-electron chi connectivity index (χ2n) is 3.29. The predicted molar refractivity (Wildman–Crippen MR) is 60.9 cm³/mol. The number of fused-ring (bicyclic) bond motifs is 1. The molecule has 1 amide bonds. The number of pyridine rings is 2. The molecule has 0 fully saturated rings. The topological polar surface area (TPSA) is 80.9 Å². The second kappa shape index (κ2) is 4.67. The zero-order chi connectivity index (χ0) is 11.4. The van der Waals surface area contributed by atoms with Crippen molar-refractivity contribution in [1.29, 1.82) is 0 Å². The van der Waals surface area contributed by atoms with E-state index in [1.54, 1.807) is 12.3 Å². The lowest BCUT2D eigenvalue weighted by molar-refractivity contribution is 0.0950. The summed E-state index contributed by atoms with van der Waals surface area (Å²) in [5, 5.41) is 3.57. The highest BCUT2D eigenvalue weighted by atomic mass is 16.1. The average Bonchev–Trinajstić information content (AvgIpc) is 2.35. The van der Waals surface area contributed by atoms with Crippen molar-refractivity contribution in [2.45, 2.75) is 0 Å². The lowest BCUT2D eigenvalue weighted by Gasteiger charge is -2.03. The van der Waals surface area contributed by atoms with Gasteiger partial charge in [0.15, 0.2) is 5.65 Å². The number of carbonyl (C=O) groups excluding carboxylic acids is 1. The third kappa shape index (κ3) is 2.14. The Kier molecular flexibility index (Phi) is 3.07. The molecule has 82 valence electrons. The molecule has 5 nitrogen and oxygen atoms in total. The Morgan fingerprint density at radius 3 is 3.06 bits per heavy atom. The molecule has 2 aromatic heterocycles. The first-order chi connectivity index (χ1) is 7.81. The fraction of sp³-hybridized carbons (Fsp3) is 0.182. The Morgan fingerprint density at radius 2 is 2.25 bits per heavy atom. The number of hydrogen-bond acceptors (Lipinski definition) is 4. The van der Waals surface area contributed by atoms with Gasteiger partial charge in [-0.15, -0.1) is 0 Å². The molecule has 5 heteroatoms. The van der Waals surface area contributed by atoms with E-state index in [0.717, 1.165) is 5.39 Å². The van der Waals surface area contributed by atoms with Crippen LogP contribution < -0.4 is 11.1 Å². The summed E-state index contributed by atoms with van der Waals surface area (Å²) in [6, 6.07) is 7.23. The van der Waals surface area contributed by atoms with Gasteiger partial charge in [-0.1, -0.05) is 0 Å². The molecule has 0 aliphatic rings. The summed E-state index contributed by atoms with van der Waals surface area (Å²) in [5.74, 6) is -0.224. The summed E-state index contributed by atoms with van der Waals surface area (Å²) in [4.78, 5) is 19.8. The molecule has 0 aromatic carbocycles. The van der Waals surface area contributed by atoms with Crippen molar-refractivity contribution in [2.75, 3.05) is 13.1 Å². The van der Waals surface area contributed by atoms with Crippen LogP contribution in [0.2, 0.25) is 0 Å². The van der Waals surface area contributed by atoms with E-state index in [1.807, 2.05) is 18.2 Å². The normalized spacial score (nSPS) is 10.3. The standard InChI is InChI=1S/C11H12N4O/c12-5-7-14-11(16)9-4-3-8-2-1-6-13-10(8)15-9/h1-4,6H,5,7,12H2,(H,14,16). The number of carbonyl (C=O) groups is 1. The molecule has 0 radical (unpaired) electrons. The summed E-state index contributed by atoms with van der Waals surface area (Å²) >= 11 is 0. The smallest absolute Gasteiger partial charge is 0.270 e. The van der Waals surface area contributed by atoms with Gasteiger partial charge in [-0.05, 0) is 24.3 Å². The van der Waals surface area contributed by atoms with Crippen molar-refractivity contribution >= 4 is 16.9 Å². The third-order valence-corrected chi connectivity index (χ3v) is 2.13. The highest BCUT2D eigenvalue weighted by Gasteiger charge is 2.06. The van der Waals surface area contributed by atoms with Gasteiger partial charge in [0.05, 0.1) is 0 Å². The summed E-state index contributed by atoms with van der Waals surface area (Å²) in [6.07, 6.45) is 1.65. The van der Waals surface area contributed by atoms with Gasteiger partial charge >= 0.3 is 0 Å². The van der Waals surface area contributed by atoms with Crippen LogP contribution in [0.4, 0.5) is 0 Å². The summed E-state index contributed by atoms with van der Waals surface area (Å²) in [5.41, 5.74) is 6.23. The van der Waals surface area contributed by atoms with Crippen LogP contribution in [0.1, 0.15) is 10.5 Å². The van der Waals surface area contributed by atoms with Gasteiger partial charge < -0.3 is 11.1 Å². The Bertz CT molecular complexity index is 512. The molecule has 3 N–H and O–H groups in total. The fourth-order valence-corrected chi connectivity index (χ4v) is 1.36. The van der Waals surface area contributed by atoms with Crippen LogP contribution in [0.5, 0.6) is 0 Å². The van der Waals surface area contributed by atoms with Gasteiger partial charge in [-0.3, -0.25) is 4.79 Å². The third-order valence-electron chi connectivity index (χ3n) is 2.13. The quantitative estimate of drug-likeness (QED) is 0.774. The molecular formula is C11H12N4O. The predicted octanol–water partition coefficient (Wildman–Crippen LogP) is 0.318. The van der Waals surface area contributed by atoms with Gasteiger partial charge in [-0.25, -0.2) is 9.97 Å². The van der Waals surface area contributed by atoms with E-state index in [9.17, 15) is 4.79 Å². The Hall–Kier alpha value is -2.01. The molecule has 0 aliphatic heterocycles. The lowest BCUT2D eigenvalue weighted by Crippen LogP contribution is -2.29. The zero-order valence-corrected chi connectivity index (χ0v) is 8.68. The summed E-state index contributed by atoms with van der Waals surface area (Å²) in [6.45, 7) is 0.859. The molecule has 0 bridgehead atoms. The van der Waals surface area contributed by atoms with E-state index in [2.05, 4.69) is 15.3 Å². The molecular weight excluding hydrogens is 204 g/mol. The first kappa shape index (κ1) is 10.5. The lowest BCUT2D eigenvalue weighted by atomic mass is 10.2. The number of aromatic nitrogens is 2. The Labute approximate surface area is 92.7 Å². The maximum absolute atomic E-state index is 11.6. The Morgan fingerprint density at radius 1 is 1.38 bits per heavy atom. The first-order valence-corrected chi connectivity index (χ1v) is 5.01. The van der Waals surface area contributed by atoms with E-state index in [0.29, 0.717) is 24.4 Å². The van der Waals surface area contributed by atoms with Crippen molar-refractivity contribution < 1.29 is 4.79 Å². The summed E-state index contributed by atoms with van der Waals surface area (Å²) < 4.78 is 0. The van der Waals surface area contributed by atoms with E-state index in [-0.39, 0.29) is 5.91 Å². The minimum atomic E-state index is -0.224. The van der Waals surface area contributed by atoms with Crippen molar-refractivity contribution in [3.05, 3.63) is 36.2 Å². The molecule has 0 atom stereocenters. The highest BCUT2D eigenvalue weighted by molar-refractivity contribution is 5.94. The van der Waals surface area contributed by atoms with Gasteiger partial charge in [0.2, 0.25) is 0 Å². The minimum absolute atomic E-state index is 0.224. The molecule has 0 saturated carbocycles. The van der Waals surface area contributed by atoms with Crippen molar-refractivity contribution in [2.24, 2.45) is 5.73 Å². The minimum Gasteiger partial charge on any atom is -0.349 e. The number of nitrogens with two attached hydrogens (primary N) is 1. The van der Waals surface area contributed by atoms with Gasteiger partial charge in [0, 0.05) is 24.7 Å². The number of rotatable bonds is 3. The Balaban J connectivity index is 2.28. The van der Waals surface area contributed by atoms with Crippen LogP contribution in [-0.2, 0) is 0 Å². The molecule has 2 aromatic rings. The number of amides is 1. The van der Waals surface area contributed by atoms with Gasteiger partial charge in [0.1, 0.15) is 5.69 Å². The average molecular weight is 216 g/mol. The van der Waals surface area contributed by atoms with Crippen LogP contribution in [0.15, 0.2) is 30.5 Å². The molecule has 16 heavy (non-hydrogen) atoms. The maximum Gasteiger partial charge on any atom is 0.270 e. The summed E-state index contributed by atoms with van der Waals surface area (Å²) in [7, 11) is 0. The van der Waals surface area contributed by atoms with E-state index < -0.39 is 0 Å².